The maximum Gasteiger partial charge on any atom is 0.119 e. The fourth-order valence-corrected chi connectivity index (χ4v) is 3.16. The second kappa shape index (κ2) is 5.35. The molecule has 0 radical (unpaired) electrons. The zero-order valence-corrected chi connectivity index (χ0v) is 12.3. The number of ether oxygens (including phenoxy) is 2. The average molecular weight is 319 g/mol. The Balaban J connectivity index is 2.07. The summed E-state index contributed by atoms with van der Waals surface area (Å²) in [6.45, 7) is 0.692. The first-order valence-corrected chi connectivity index (χ1v) is 7.11. The van der Waals surface area contributed by atoms with Crippen LogP contribution in [-0.2, 0) is 4.74 Å². The van der Waals surface area contributed by atoms with Crippen molar-refractivity contribution in [2.75, 3.05) is 13.7 Å². The predicted molar refractivity (Wildman–Crippen MR) is 80.7 cm³/mol. The lowest BCUT2D eigenvalue weighted by atomic mass is 10.0. The Bertz CT molecular complexity index is 634. The smallest absolute Gasteiger partial charge is 0.119 e. The van der Waals surface area contributed by atoms with Gasteiger partial charge in [-0.2, -0.15) is 0 Å². The maximum absolute atomic E-state index is 5.80. The van der Waals surface area contributed by atoms with Crippen LogP contribution in [0.15, 0.2) is 47.0 Å². The summed E-state index contributed by atoms with van der Waals surface area (Å²) < 4.78 is 12.2. The second-order valence-corrected chi connectivity index (χ2v) is 5.38. The third-order valence-electron chi connectivity index (χ3n) is 3.45. The number of methoxy groups -OCH3 is 1. The highest BCUT2D eigenvalue weighted by Gasteiger charge is 2.17. The molecule has 0 saturated heterocycles. The number of fused-ring (bicyclic) bond motifs is 1. The molecule has 0 aromatic heterocycles. The van der Waals surface area contributed by atoms with Crippen LogP contribution in [0.3, 0.4) is 0 Å². The van der Waals surface area contributed by atoms with Crippen LogP contribution in [0, 0.1) is 0 Å². The molecule has 3 rings (SSSR count). The lowest BCUT2D eigenvalue weighted by Gasteiger charge is -2.21. The van der Waals surface area contributed by atoms with Crippen molar-refractivity contribution in [2.24, 2.45) is 0 Å². The Labute approximate surface area is 121 Å². The number of rotatable bonds is 2. The lowest BCUT2D eigenvalue weighted by Crippen LogP contribution is -2.08. The molecule has 3 heteroatoms. The van der Waals surface area contributed by atoms with Crippen LogP contribution in [0.1, 0.15) is 18.1 Å². The van der Waals surface area contributed by atoms with Crippen molar-refractivity contribution in [2.45, 2.75) is 12.5 Å². The zero-order chi connectivity index (χ0) is 13.2. The number of benzene rings is 2. The molecule has 1 unspecified atom stereocenters. The quantitative estimate of drug-likeness (QED) is 0.752. The van der Waals surface area contributed by atoms with Crippen molar-refractivity contribution in [3.05, 3.63) is 52.5 Å². The summed E-state index contributed by atoms with van der Waals surface area (Å²) in [5.41, 5.74) is 1.21. The van der Waals surface area contributed by atoms with Crippen molar-refractivity contribution in [1.82, 2.24) is 0 Å². The molecule has 0 saturated carbocycles. The Morgan fingerprint density at radius 3 is 2.84 bits per heavy atom. The maximum atomic E-state index is 5.80. The first-order chi connectivity index (χ1) is 9.29. The van der Waals surface area contributed by atoms with E-state index in [1.165, 1.54) is 16.3 Å². The van der Waals surface area contributed by atoms with Crippen LogP contribution in [0.2, 0.25) is 0 Å². The molecule has 0 amide bonds. The van der Waals surface area contributed by atoms with Gasteiger partial charge in [0, 0.05) is 4.47 Å². The van der Waals surface area contributed by atoms with E-state index in [4.69, 9.17) is 9.47 Å². The first-order valence-electron chi connectivity index (χ1n) is 6.32. The van der Waals surface area contributed by atoms with Gasteiger partial charge >= 0.3 is 0 Å². The molecule has 1 heterocycles. The molecule has 0 spiro atoms. The van der Waals surface area contributed by atoms with Gasteiger partial charge in [-0.1, -0.05) is 24.3 Å². The van der Waals surface area contributed by atoms with E-state index in [1.54, 1.807) is 7.11 Å². The van der Waals surface area contributed by atoms with Crippen molar-refractivity contribution < 1.29 is 9.47 Å². The number of hydrogen-bond donors (Lipinski definition) is 0. The van der Waals surface area contributed by atoms with Crippen LogP contribution >= 0.6 is 15.9 Å². The molecule has 0 N–H and O–H groups in total. The SMILES string of the molecule is COc1ccc2c(Br)c(C3CC=CCO3)ccc2c1. The molecule has 0 fully saturated rings. The Hall–Kier alpha value is -1.32. The van der Waals surface area contributed by atoms with E-state index < -0.39 is 0 Å². The average Bonchev–Trinajstić information content (AvgIpc) is 2.48. The topological polar surface area (TPSA) is 18.5 Å². The van der Waals surface area contributed by atoms with E-state index in [9.17, 15) is 0 Å². The van der Waals surface area contributed by atoms with Gasteiger partial charge in [0.1, 0.15) is 5.75 Å². The van der Waals surface area contributed by atoms with Gasteiger partial charge < -0.3 is 9.47 Å². The third-order valence-corrected chi connectivity index (χ3v) is 4.33. The monoisotopic (exact) mass is 318 g/mol. The van der Waals surface area contributed by atoms with Crippen molar-refractivity contribution >= 4 is 26.7 Å². The molecule has 2 nitrogen and oxygen atoms in total. The molecule has 1 atom stereocenters. The van der Waals surface area contributed by atoms with E-state index in [1.807, 2.05) is 12.1 Å². The molecular formula is C16H15BrO2. The van der Waals surface area contributed by atoms with Gasteiger partial charge in [-0.15, -0.1) is 0 Å². The first kappa shape index (κ1) is 12.7. The normalized spacial score (nSPS) is 18.7. The van der Waals surface area contributed by atoms with Gasteiger partial charge in [0.2, 0.25) is 0 Å². The summed E-state index contributed by atoms with van der Waals surface area (Å²) >= 11 is 3.72. The molecule has 1 aliphatic heterocycles. The predicted octanol–water partition coefficient (Wildman–Crippen LogP) is 4.63. The second-order valence-electron chi connectivity index (χ2n) is 4.58. The minimum Gasteiger partial charge on any atom is -0.497 e. The zero-order valence-electron chi connectivity index (χ0n) is 10.7. The highest BCUT2D eigenvalue weighted by molar-refractivity contribution is 9.10. The molecule has 2 aromatic rings. The van der Waals surface area contributed by atoms with E-state index in [2.05, 4.69) is 46.3 Å². The van der Waals surface area contributed by atoms with Crippen LogP contribution < -0.4 is 4.74 Å². The van der Waals surface area contributed by atoms with E-state index in [0.717, 1.165) is 16.6 Å². The molecule has 0 aliphatic carbocycles. The summed E-state index contributed by atoms with van der Waals surface area (Å²) in [7, 11) is 1.69. The summed E-state index contributed by atoms with van der Waals surface area (Å²) in [6.07, 6.45) is 5.32. The summed E-state index contributed by atoms with van der Waals surface area (Å²) in [6, 6.07) is 10.4. The summed E-state index contributed by atoms with van der Waals surface area (Å²) in [5, 5.41) is 2.36. The molecule has 0 bridgehead atoms. The summed E-state index contributed by atoms with van der Waals surface area (Å²) in [5.74, 6) is 0.879. The van der Waals surface area contributed by atoms with Crippen LogP contribution in [0.25, 0.3) is 10.8 Å². The van der Waals surface area contributed by atoms with Gasteiger partial charge in [0.05, 0.1) is 19.8 Å². The summed E-state index contributed by atoms with van der Waals surface area (Å²) in [4.78, 5) is 0. The van der Waals surface area contributed by atoms with Crippen molar-refractivity contribution in [3.8, 4) is 5.75 Å². The highest BCUT2D eigenvalue weighted by Crippen LogP contribution is 2.36. The fourth-order valence-electron chi connectivity index (χ4n) is 2.41. The van der Waals surface area contributed by atoms with Crippen molar-refractivity contribution in [1.29, 1.82) is 0 Å². The molecule has 98 valence electrons. The Kier molecular flexibility index (Phi) is 3.58. The fraction of sp³-hybridized carbons (Fsp3) is 0.250. The van der Waals surface area contributed by atoms with Gasteiger partial charge in [-0.3, -0.25) is 0 Å². The highest BCUT2D eigenvalue weighted by atomic mass is 79.9. The van der Waals surface area contributed by atoms with Crippen LogP contribution in [0.5, 0.6) is 5.75 Å². The van der Waals surface area contributed by atoms with E-state index in [-0.39, 0.29) is 6.10 Å². The standard InChI is InChI=1S/C16H15BrO2/c1-18-12-6-8-13-11(10-12)5-7-14(16(13)17)15-4-2-3-9-19-15/h2-3,5-8,10,15H,4,9H2,1H3. The number of hydrogen-bond acceptors (Lipinski definition) is 2. The number of halogens is 1. The third kappa shape index (κ3) is 2.40. The largest absolute Gasteiger partial charge is 0.497 e. The Morgan fingerprint density at radius 1 is 1.21 bits per heavy atom. The molecule has 2 aromatic carbocycles. The van der Waals surface area contributed by atoms with Crippen LogP contribution in [0.4, 0.5) is 0 Å². The lowest BCUT2D eigenvalue weighted by molar-refractivity contribution is 0.0674. The van der Waals surface area contributed by atoms with Gasteiger partial charge in [-0.25, -0.2) is 0 Å². The Morgan fingerprint density at radius 2 is 2.11 bits per heavy atom. The van der Waals surface area contributed by atoms with Crippen molar-refractivity contribution in [3.63, 3.8) is 0 Å². The van der Waals surface area contributed by atoms with E-state index >= 15 is 0 Å². The molecule has 19 heavy (non-hydrogen) atoms. The molecular weight excluding hydrogens is 304 g/mol. The van der Waals surface area contributed by atoms with Crippen LogP contribution in [-0.4, -0.2) is 13.7 Å². The minimum absolute atomic E-state index is 0.144. The molecule has 1 aliphatic rings. The van der Waals surface area contributed by atoms with Gasteiger partial charge in [0.25, 0.3) is 0 Å². The minimum atomic E-state index is 0.144. The van der Waals surface area contributed by atoms with Gasteiger partial charge in [0.15, 0.2) is 0 Å². The van der Waals surface area contributed by atoms with E-state index in [0.29, 0.717) is 6.61 Å². The van der Waals surface area contributed by atoms with Gasteiger partial charge in [-0.05, 0) is 56.9 Å².